The van der Waals surface area contributed by atoms with Crippen LogP contribution in [-0.2, 0) is 0 Å². The summed E-state index contributed by atoms with van der Waals surface area (Å²) in [6.07, 6.45) is 2.47. The predicted molar refractivity (Wildman–Crippen MR) is 78.7 cm³/mol. The molecular weight excluding hydrogens is 252 g/mol. The summed E-state index contributed by atoms with van der Waals surface area (Å²) in [6.45, 7) is 0. The van der Waals surface area contributed by atoms with Crippen LogP contribution in [0.4, 0.5) is 5.69 Å². The van der Waals surface area contributed by atoms with Gasteiger partial charge in [0, 0.05) is 12.5 Å². The van der Waals surface area contributed by atoms with Crippen molar-refractivity contribution < 1.29 is 4.74 Å². The second kappa shape index (κ2) is 5.21. The zero-order valence-electron chi connectivity index (χ0n) is 11.2. The molecule has 2 N–H and O–H groups in total. The number of hydrazone groups is 1. The van der Waals surface area contributed by atoms with E-state index in [9.17, 15) is 0 Å². The van der Waals surface area contributed by atoms with E-state index in [-0.39, 0.29) is 6.04 Å². The largest absolute Gasteiger partial charge is 0.481 e. The van der Waals surface area contributed by atoms with Crippen LogP contribution in [-0.4, -0.2) is 17.9 Å². The van der Waals surface area contributed by atoms with Crippen molar-refractivity contribution in [2.45, 2.75) is 12.5 Å². The van der Waals surface area contributed by atoms with Gasteiger partial charge in [-0.1, -0.05) is 30.3 Å². The highest BCUT2D eigenvalue weighted by Crippen LogP contribution is 2.34. The van der Waals surface area contributed by atoms with Gasteiger partial charge in [-0.2, -0.15) is 5.10 Å². The maximum Gasteiger partial charge on any atom is 0.213 e. The number of hydrogen-bond donors (Lipinski definition) is 1. The number of methoxy groups -OCH3 is 1. The molecule has 2 heterocycles. The van der Waals surface area contributed by atoms with Gasteiger partial charge in [-0.25, -0.2) is 4.98 Å². The quantitative estimate of drug-likeness (QED) is 0.927. The molecule has 20 heavy (non-hydrogen) atoms. The summed E-state index contributed by atoms with van der Waals surface area (Å²) in [7, 11) is 1.60. The number of ether oxygens (including phenoxy) is 1. The highest BCUT2D eigenvalue weighted by atomic mass is 16.5. The molecule has 2 aromatic rings. The first-order chi connectivity index (χ1) is 9.78. The SMILES string of the molecule is COc1ccc(N2N=C(N)CC2c2ccccc2)cn1. The average Bonchev–Trinajstić information content (AvgIpc) is 2.90. The smallest absolute Gasteiger partial charge is 0.213 e. The van der Waals surface area contributed by atoms with E-state index >= 15 is 0 Å². The lowest BCUT2D eigenvalue weighted by molar-refractivity contribution is 0.398. The van der Waals surface area contributed by atoms with Gasteiger partial charge in [-0.3, -0.25) is 5.01 Å². The number of rotatable bonds is 3. The van der Waals surface area contributed by atoms with Gasteiger partial charge in [0.2, 0.25) is 5.88 Å². The molecule has 0 spiro atoms. The maximum absolute atomic E-state index is 5.91. The van der Waals surface area contributed by atoms with Crippen molar-refractivity contribution in [1.82, 2.24) is 4.98 Å². The maximum atomic E-state index is 5.91. The summed E-state index contributed by atoms with van der Waals surface area (Å²) in [5.41, 5.74) is 8.00. The lowest BCUT2D eigenvalue weighted by atomic mass is 10.0. The van der Waals surface area contributed by atoms with E-state index in [1.807, 2.05) is 35.3 Å². The van der Waals surface area contributed by atoms with Crippen LogP contribution in [0, 0.1) is 0 Å². The molecule has 0 aliphatic carbocycles. The molecule has 0 saturated carbocycles. The van der Waals surface area contributed by atoms with E-state index in [0.29, 0.717) is 11.7 Å². The van der Waals surface area contributed by atoms with Crippen LogP contribution >= 0.6 is 0 Å². The number of nitrogens with zero attached hydrogens (tertiary/aromatic N) is 3. The standard InChI is InChI=1S/C15H16N4O/c1-20-15-8-7-12(10-17-15)19-13(9-14(16)18-19)11-5-3-2-4-6-11/h2-8,10,13H,9H2,1H3,(H2,16,18). The Balaban J connectivity index is 1.92. The molecule has 1 aliphatic heterocycles. The molecule has 0 amide bonds. The van der Waals surface area contributed by atoms with Crippen molar-refractivity contribution >= 4 is 11.5 Å². The monoisotopic (exact) mass is 268 g/mol. The molecule has 0 bridgehead atoms. The fourth-order valence-corrected chi connectivity index (χ4v) is 2.33. The Kier molecular flexibility index (Phi) is 3.25. The fraction of sp³-hybridized carbons (Fsp3) is 0.200. The molecule has 1 aromatic carbocycles. The van der Waals surface area contributed by atoms with E-state index < -0.39 is 0 Å². The molecule has 5 nitrogen and oxygen atoms in total. The van der Waals surface area contributed by atoms with Gasteiger partial charge < -0.3 is 10.5 Å². The molecule has 0 saturated heterocycles. The predicted octanol–water partition coefficient (Wildman–Crippen LogP) is 2.31. The van der Waals surface area contributed by atoms with E-state index in [0.717, 1.165) is 12.1 Å². The topological polar surface area (TPSA) is 63.7 Å². The van der Waals surface area contributed by atoms with Crippen molar-refractivity contribution in [2.24, 2.45) is 10.8 Å². The number of anilines is 1. The number of aromatic nitrogens is 1. The lowest BCUT2D eigenvalue weighted by Gasteiger charge is -2.23. The van der Waals surface area contributed by atoms with Gasteiger partial charge in [-0.05, 0) is 11.6 Å². The fourth-order valence-electron chi connectivity index (χ4n) is 2.33. The van der Waals surface area contributed by atoms with Crippen molar-refractivity contribution in [2.75, 3.05) is 12.1 Å². The van der Waals surface area contributed by atoms with E-state index in [1.165, 1.54) is 5.56 Å². The zero-order valence-corrected chi connectivity index (χ0v) is 11.2. The van der Waals surface area contributed by atoms with Crippen LogP contribution in [0.25, 0.3) is 0 Å². The third kappa shape index (κ3) is 2.30. The van der Waals surface area contributed by atoms with E-state index in [2.05, 4.69) is 22.2 Å². The Hall–Kier alpha value is -2.56. The van der Waals surface area contributed by atoms with Crippen molar-refractivity contribution in [1.29, 1.82) is 0 Å². The zero-order chi connectivity index (χ0) is 13.9. The molecular formula is C15H16N4O. The molecule has 1 atom stereocenters. The van der Waals surface area contributed by atoms with Gasteiger partial charge in [0.15, 0.2) is 0 Å². The highest BCUT2D eigenvalue weighted by molar-refractivity contribution is 5.85. The minimum Gasteiger partial charge on any atom is -0.481 e. The van der Waals surface area contributed by atoms with Crippen LogP contribution in [0.15, 0.2) is 53.8 Å². The number of benzene rings is 1. The van der Waals surface area contributed by atoms with Gasteiger partial charge >= 0.3 is 0 Å². The second-order valence-electron chi connectivity index (χ2n) is 4.63. The molecule has 102 valence electrons. The number of amidine groups is 1. The third-order valence-electron chi connectivity index (χ3n) is 3.31. The van der Waals surface area contributed by atoms with Crippen LogP contribution in [0.1, 0.15) is 18.0 Å². The van der Waals surface area contributed by atoms with Crippen molar-refractivity contribution in [3.8, 4) is 5.88 Å². The van der Waals surface area contributed by atoms with Crippen LogP contribution in [0.2, 0.25) is 0 Å². The lowest BCUT2D eigenvalue weighted by Crippen LogP contribution is -2.18. The summed E-state index contributed by atoms with van der Waals surface area (Å²) in [6, 6.07) is 14.1. The first kappa shape index (κ1) is 12.5. The average molecular weight is 268 g/mol. The van der Waals surface area contributed by atoms with Crippen molar-refractivity contribution in [3.05, 3.63) is 54.2 Å². The van der Waals surface area contributed by atoms with Gasteiger partial charge in [0.1, 0.15) is 5.84 Å². The normalized spacial score (nSPS) is 17.9. The summed E-state index contributed by atoms with van der Waals surface area (Å²) in [5.74, 6) is 1.22. The Morgan fingerprint density at radius 2 is 2.00 bits per heavy atom. The Labute approximate surface area is 117 Å². The second-order valence-corrected chi connectivity index (χ2v) is 4.63. The van der Waals surface area contributed by atoms with Gasteiger partial charge in [0.05, 0.1) is 25.0 Å². The molecule has 0 fully saturated rings. The third-order valence-corrected chi connectivity index (χ3v) is 3.31. The van der Waals surface area contributed by atoms with E-state index in [4.69, 9.17) is 10.5 Å². The molecule has 1 unspecified atom stereocenters. The summed E-state index contributed by atoms with van der Waals surface area (Å²) in [4.78, 5) is 4.22. The van der Waals surface area contributed by atoms with Gasteiger partial charge in [0.25, 0.3) is 0 Å². The minimum atomic E-state index is 0.117. The summed E-state index contributed by atoms with van der Waals surface area (Å²) in [5, 5.41) is 6.33. The molecule has 1 aromatic heterocycles. The van der Waals surface area contributed by atoms with E-state index in [1.54, 1.807) is 13.3 Å². The molecule has 3 rings (SSSR count). The minimum absolute atomic E-state index is 0.117. The Morgan fingerprint density at radius 3 is 2.65 bits per heavy atom. The molecule has 5 heteroatoms. The van der Waals surface area contributed by atoms with Crippen LogP contribution in [0.5, 0.6) is 5.88 Å². The Morgan fingerprint density at radius 1 is 1.20 bits per heavy atom. The summed E-state index contributed by atoms with van der Waals surface area (Å²) < 4.78 is 5.07. The number of hydrogen-bond acceptors (Lipinski definition) is 5. The molecule has 0 radical (unpaired) electrons. The van der Waals surface area contributed by atoms with Crippen LogP contribution in [0.3, 0.4) is 0 Å². The first-order valence-corrected chi connectivity index (χ1v) is 6.45. The number of pyridine rings is 1. The van der Waals surface area contributed by atoms with Gasteiger partial charge in [-0.15, -0.1) is 0 Å². The highest BCUT2D eigenvalue weighted by Gasteiger charge is 2.27. The summed E-state index contributed by atoms with van der Waals surface area (Å²) >= 11 is 0. The van der Waals surface area contributed by atoms with Crippen molar-refractivity contribution in [3.63, 3.8) is 0 Å². The van der Waals surface area contributed by atoms with Crippen LogP contribution < -0.4 is 15.5 Å². The number of nitrogens with two attached hydrogens (primary N) is 1. The molecule has 1 aliphatic rings. The first-order valence-electron chi connectivity index (χ1n) is 6.45. The Bertz CT molecular complexity index is 610.